The number of carbonyl (C=O) groups is 1. The number of benzene rings is 2. The van der Waals surface area contributed by atoms with E-state index in [-0.39, 0.29) is 18.3 Å². The smallest absolute Gasteiger partial charge is 0.491 e. The van der Waals surface area contributed by atoms with Crippen molar-refractivity contribution in [3.05, 3.63) is 89.4 Å². The largest absolute Gasteiger partial charge is 0.573 e. The van der Waals surface area contributed by atoms with Crippen molar-refractivity contribution in [3.8, 4) is 11.5 Å². The molecule has 0 aliphatic carbocycles. The van der Waals surface area contributed by atoms with E-state index >= 15 is 0 Å². The normalized spacial score (nSPS) is 17.6. The van der Waals surface area contributed by atoms with Crippen LogP contribution >= 0.6 is 0 Å². The predicted molar refractivity (Wildman–Crippen MR) is 119 cm³/mol. The molecule has 2 N–H and O–H groups in total. The monoisotopic (exact) mass is 467 g/mol. The van der Waals surface area contributed by atoms with E-state index in [1.807, 2.05) is 25.1 Å². The van der Waals surface area contributed by atoms with Gasteiger partial charge in [-0.25, -0.2) is 0 Å². The Bertz CT molecular complexity index is 1370. The minimum Gasteiger partial charge on any atom is -0.491 e. The van der Waals surface area contributed by atoms with E-state index in [4.69, 9.17) is 4.74 Å². The van der Waals surface area contributed by atoms with E-state index in [9.17, 15) is 18.0 Å². The van der Waals surface area contributed by atoms with E-state index in [2.05, 4.69) is 20.0 Å². The number of hydrogen-bond acceptors (Lipinski definition) is 4. The van der Waals surface area contributed by atoms with E-state index in [0.29, 0.717) is 29.1 Å². The van der Waals surface area contributed by atoms with Crippen LogP contribution in [0.25, 0.3) is 10.9 Å². The van der Waals surface area contributed by atoms with Crippen molar-refractivity contribution in [2.24, 2.45) is 0 Å². The molecule has 9 heteroatoms. The van der Waals surface area contributed by atoms with Gasteiger partial charge in [0.2, 0.25) is 0 Å². The van der Waals surface area contributed by atoms with Crippen LogP contribution in [0.5, 0.6) is 11.5 Å². The number of aryl methyl sites for hydroxylation is 1. The summed E-state index contributed by atoms with van der Waals surface area (Å²) in [6.45, 7) is 2.25. The van der Waals surface area contributed by atoms with Crippen molar-refractivity contribution in [2.75, 3.05) is 6.61 Å². The Morgan fingerprint density at radius 2 is 1.94 bits per heavy atom. The van der Waals surface area contributed by atoms with Gasteiger partial charge in [-0.1, -0.05) is 23.8 Å². The number of carbonyl (C=O) groups excluding carboxylic acids is 1. The fourth-order valence-electron chi connectivity index (χ4n) is 4.31. The molecule has 1 atom stereocenters. The quantitative estimate of drug-likeness (QED) is 0.431. The lowest BCUT2D eigenvalue weighted by molar-refractivity contribution is -0.274. The van der Waals surface area contributed by atoms with Crippen LogP contribution in [0.15, 0.2) is 66.9 Å². The van der Waals surface area contributed by atoms with Crippen LogP contribution in [-0.2, 0) is 5.54 Å². The van der Waals surface area contributed by atoms with Crippen molar-refractivity contribution in [2.45, 2.75) is 25.2 Å². The number of alkyl halides is 3. The highest BCUT2D eigenvalue weighted by molar-refractivity contribution is 5.98. The Balaban J connectivity index is 1.56. The zero-order valence-corrected chi connectivity index (χ0v) is 18.1. The number of rotatable bonds is 4. The van der Waals surface area contributed by atoms with E-state index in [0.717, 1.165) is 16.5 Å². The summed E-state index contributed by atoms with van der Waals surface area (Å²) in [6.07, 6.45) is -2.88. The van der Waals surface area contributed by atoms with Crippen molar-refractivity contribution in [1.82, 2.24) is 15.3 Å². The molecule has 1 aliphatic rings. The van der Waals surface area contributed by atoms with Crippen molar-refractivity contribution in [3.63, 3.8) is 0 Å². The van der Waals surface area contributed by atoms with Crippen LogP contribution in [0, 0.1) is 6.92 Å². The molecule has 1 aliphatic heterocycles. The predicted octanol–water partition coefficient (Wildman–Crippen LogP) is 5.23. The Morgan fingerprint density at radius 1 is 1.15 bits per heavy atom. The summed E-state index contributed by atoms with van der Waals surface area (Å²) in [7, 11) is 0. The molecule has 0 spiro atoms. The second kappa shape index (κ2) is 8.09. The maximum atomic E-state index is 13.4. The zero-order chi connectivity index (χ0) is 23.9. The molecule has 0 radical (unpaired) electrons. The Kier molecular flexibility index (Phi) is 5.19. The first-order valence-corrected chi connectivity index (χ1v) is 10.6. The fraction of sp³-hybridized carbons (Fsp3) is 0.200. The van der Waals surface area contributed by atoms with E-state index in [1.165, 1.54) is 24.3 Å². The standard InChI is InChI=1S/C25H20F3N3O3/c1-15-4-9-19-16(13-15)14-20(30-19)23(32)31-24(10-12-33-21-3-2-11-29-22(21)24)17-5-7-18(8-6-17)34-25(26,27)28/h2-9,11,13-14,30H,10,12H2,1H3,(H,31,32). The summed E-state index contributed by atoms with van der Waals surface area (Å²) in [4.78, 5) is 21.0. The molecular weight excluding hydrogens is 447 g/mol. The molecule has 5 rings (SSSR count). The topological polar surface area (TPSA) is 76.2 Å². The van der Waals surface area contributed by atoms with Crippen molar-refractivity contribution < 1.29 is 27.4 Å². The van der Waals surface area contributed by atoms with Crippen LogP contribution in [-0.4, -0.2) is 28.8 Å². The number of pyridine rings is 1. The summed E-state index contributed by atoms with van der Waals surface area (Å²) in [5.74, 6) is -0.225. The lowest BCUT2D eigenvalue weighted by Crippen LogP contribution is -2.50. The molecule has 34 heavy (non-hydrogen) atoms. The third-order valence-electron chi connectivity index (χ3n) is 5.84. The second-order valence-electron chi connectivity index (χ2n) is 8.15. The number of halogens is 3. The van der Waals surface area contributed by atoms with Gasteiger partial charge in [-0.15, -0.1) is 13.2 Å². The van der Waals surface area contributed by atoms with Gasteiger partial charge in [0.05, 0.1) is 6.61 Å². The number of aromatic nitrogens is 2. The van der Waals surface area contributed by atoms with Gasteiger partial charge in [0.15, 0.2) is 0 Å². The average Bonchev–Trinajstić information content (AvgIpc) is 3.22. The lowest BCUT2D eigenvalue weighted by atomic mass is 9.81. The number of amides is 1. The van der Waals surface area contributed by atoms with Gasteiger partial charge in [0, 0.05) is 23.5 Å². The minimum atomic E-state index is -4.80. The van der Waals surface area contributed by atoms with Crippen LogP contribution in [0.2, 0.25) is 0 Å². The van der Waals surface area contributed by atoms with E-state index in [1.54, 1.807) is 24.4 Å². The van der Waals surface area contributed by atoms with Crippen LogP contribution in [0.3, 0.4) is 0 Å². The molecule has 0 fully saturated rings. The molecule has 4 aromatic rings. The van der Waals surface area contributed by atoms with Gasteiger partial charge in [-0.05, 0) is 55.0 Å². The molecule has 0 saturated heterocycles. The molecule has 0 bridgehead atoms. The van der Waals surface area contributed by atoms with Gasteiger partial charge in [0.25, 0.3) is 5.91 Å². The summed E-state index contributed by atoms with van der Waals surface area (Å²) in [5.41, 5.74) is 2.18. The molecule has 6 nitrogen and oxygen atoms in total. The minimum absolute atomic E-state index is 0.283. The van der Waals surface area contributed by atoms with E-state index < -0.39 is 11.9 Å². The zero-order valence-electron chi connectivity index (χ0n) is 18.1. The first-order valence-electron chi connectivity index (χ1n) is 10.6. The number of nitrogens with zero attached hydrogens (tertiary/aromatic N) is 1. The number of hydrogen-bond donors (Lipinski definition) is 2. The first kappa shape index (κ1) is 21.8. The SMILES string of the molecule is Cc1ccc2[nH]c(C(=O)NC3(c4ccc(OC(F)(F)F)cc4)CCOc4cccnc43)cc2c1. The lowest BCUT2D eigenvalue weighted by Gasteiger charge is -2.38. The number of aromatic amines is 1. The number of fused-ring (bicyclic) bond motifs is 2. The number of ether oxygens (including phenoxy) is 2. The van der Waals surface area contributed by atoms with Crippen molar-refractivity contribution in [1.29, 1.82) is 0 Å². The van der Waals surface area contributed by atoms with Crippen LogP contribution < -0.4 is 14.8 Å². The third kappa shape index (κ3) is 4.05. The van der Waals surface area contributed by atoms with Gasteiger partial charge in [-0.3, -0.25) is 9.78 Å². The average molecular weight is 467 g/mol. The number of H-pyrrole nitrogens is 1. The highest BCUT2D eigenvalue weighted by Crippen LogP contribution is 2.41. The molecule has 2 aromatic heterocycles. The van der Waals surface area contributed by atoms with Gasteiger partial charge in [-0.2, -0.15) is 0 Å². The van der Waals surface area contributed by atoms with Gasteiger partial charge in [0.1, 0.15) is 28.4 Å². The van der Waals surface area contributed by atoms with Gasteiger partial charge >= 0.3 is 6.36 Å². The first-order chi connectivity index (χ1) is 16.2. The molecule has 174 valence electrons. The maximum Gasteiger partial charge on any atom is 0.573 e. The third-order valence-corrected chi connectivity index (χ3v) is 5.84. The highest BCUT2D eigenvalue weighted by atomic mass is 19.4. The number of nitrogens with one attached hydrogen (secondary N) is 2. The summed E-state index contributed by atoms with van der Waals surface area (Å²) in [6, 6.07) is 16.5. The molecular formula is C25H20F3N3O3. The maximum absolute atomic E-state index is 13.4. The van der Waals surface area contributed by atoms with Crippen LogP contribution in [0.1, 0.15) is 33.7 Å². The molecule has 2 aromatic carbocycles. The van der Waals surface area contributed by atoms with Crippen LogP contribution in [0.4, 0.5) is 13.2 Å². The van der Waals surface area contributed by atoms with Gasteiger partial charge < -0.3 is 19.8 Å². The molecule has 0 saturated carbocycles. The highest BCUT2D eigenvalue weighted by Gasteiger charge is 2.43. The Labute approximate surface area is 192 Å². The molecule has 3 heterocycles. The fourth-order valence-corrected chi connectivity index (χ4v) is 4.31. The second-order valence-corrected chi connectivity index (χ2v) is 8.15. The summed E-state index contributed by atoms with van der Waals surface area (Å²) in [5, 5.41) is 3.99. The summed E-state index contributed by atoms with van der Waals surface area (Å²) >= 11 is 0. The van der Waals surface area contributed by atoms with Crippen molar-refractivity contribution >= 4 is 16.8 Å². The Hall–Kier alpha value is -4.01. The molecule has 1 amide bonds. The summed E-state index contributed by atoms with van der Waals surface area (Å²) < 4.78 is 47.6. The molecule has 1 unspecified atom stereocenters. The Morgan fingerprint density at radius 3 is 2.71 bits per heavy atom.